The minimum Gasteiger partial charge on any atom is -0.438 e. The van der Waals surface area contributed by atoms with Crippen LogP contribution >= 0.6 is 11.8 Å². The third-order valence-corrected chi connectivity index (χ3v) is 6.81. The smallest absolute Gasteiger partial charge is 0.259 e. The molecule has 1 atom stereocenters. The van der Waals surface area contributed by atoms with Crippen LogP contribution < -0.4 is 10.1 Å². The number of likely N-dealkylation sites (N-methyl/N-ethyl adjacent to an activating group) is 1. The molecule has 0 radical (unpaired) electrons. The molecule has 8 heteroatoms. The van der Waals surface area contributed by atoms with Crippen LogP contribution in [0.15, 0.2) is 48.7 Å². The van der Waals surface area contributed by atoms with E-state index in [1.807, 2.05) is 47.2 Å². The first kappa shape index (κ1) is 21.6. The van der Waals surface area contributed by atoms with Crippen molar-refractivity contribution >= 4 is 23.6 Å². The van der Waals surface area contributed by atoms with Gasteiger partial charge in [-0.25, -0.2) is 4.98 Å². The van der Waals surface area contributed by atoms with Crippen molar-refractivity contribution in [2.24, 2.45) is 0 Å². The second-order valence-electron chi connectivity index (χ2n) is 7.97. The second kappa shape index (κ2) is 9.28. The third-order valence-electron chi connectivity index (χ3n) is 6.16. The number of para-hydroxylation sites is 1. The number of hydrogen-bond donors (Lipinski definition) is 1. The standard InChI is InChI=1S/C23H28N4O3S/c1-26-22(29)19(10-16-31-2)25-23(26)11-14-27(15-12-23)21(28)18-9-6-13-24-20(18)30-17-7-4-3-5-8-17/h3-9,13,19,25H,10-12,14-16H2,1-2H3. The number of pyridine rings is 1. The van der Waals surface area contributed by atoms with Crippen molar-refractivity contribution in [2.45, 2.75) is 31.0 Å². The van der Waals surface area contributed by atoms with E-state index in [0.29, 0.717) is 43.1 Å². The van der Waals surface area contributed by atoms with E-state index in [1.165, 1.54) is 0 Å². The lowest BCUT2D eigenvalue weighted by molar-refractivity contribution is -0.131. The molecule has 2 amide bonds. The number of aromatic nitrogens is 1. The zero-order valence-corrected chi connectivity index (χ0v) is 18.7. The number of rotatable bonds is 6. The fraction of sp³-hybridized carbons (Fsp3) is 0.435. The largest absolute Gasteiger partial charge is 0.438 e. The van der Waals surface area contributed by atoms with Gasteiger partial charge in [-0.15, -0.1) is 0 Å². The Morgan fingerprint density at radius 3 is 2.68 bits per heavy atom. The fourth-order valence-corrected chi connectivity index (χ4v) is 4.80. The number of hydrogen-bond acceptors (Lipinski definition) is 6. The molecule has 0 bridgehead atoms. The van der Waals surface area contributed by atoms with E-state index in [-0.39, 0.29) is 23.5 Å². The summed E-state index contributed by atoms with van der Waals surface area (Å²) >= 11 is 1.75. The van der Waals surface area contributed by atoms with Crippen molar-refractivity contribution in [3.05, 3.63) is 54.2 Å². The number of nitrogens with zero attached hydrogens (tertiary/aromatic N) is 3. The SMILES string of the molecule is CSCCC1NC2(CCN(C(=O)c3cccnc3Oc3ccccc3)CC2)N(C)C1=O. The first-order chi connectivity index (χ1) is 15.0. The Hall–Kier alpha value is -2.58. The molecule has 0 aliphatic carbocycles. The van der Waals surface area contributed by atoms with Crippen LogP contribution in [0.1, 0.15) is 29.6 Å². The van der Waals surface area contributed by atoms with Gasteiger partial charge < -0.3 is 14.5 Å². The fourth-order valence-electron chi connectivity index (χ4n) is 4.32. The molecule has 7 nitrogen and oxygen atoms in total. The molecule has 164 valence electrons. The number of nitrogens with one attached hydrogen (secondary N) is 1. The summed E-state index contributed by atoms with van der Waals surface area (Å²) in [6.45, 7) is 1.14. The van der Waals surface area contributed by atoms with Crippen molar-refractivity contribution < 1.29 is 14.3 Å². The van der Waals surface area contributed by atoms with Gasteiger partial charge in [0, 0.05) is 39.2 Å². The van der Waals surface area contributed by atoms with Crippen LogP contribution in [-0.2, 0) is 4.79 Å². The Morgan fingerprint density at radius 2 is 1.97 bits per heavy atom. The molecule has 2 aliphatic heterocycles. The Kier molecular flexibility index (Phi) is 6.48. The average Bonchev–Trinajstić information content (AvgIpc) is 3.03. The zero-order valence-electron chi connectivity index (χ0n) is 17.9. The van der Waals surface area contributed by atoms with E-state index in [1.54, 1.807) is 30.1 Å². The normalized spacial score (nSPS) is 20.3. The summed E-state index contributed by atoms with van der Waals surface area (Å²) in [6.07, 6.45) is 5.90. The number of benzene rings is 1. The van der Waals surface area contributed by atoms with Crippen LogP contribution in [0.25, 0.3) is 0 Å². The van der Waals surface area contributed by atoms with Crippen molar-refractivity contribution in [1.29, 1.82) is 0 Å². The van der Waals surface area contributed by atoms with Gasteiger partial charge in [0.05, 0.1) is 11.7 Å². The van der Waals surface area contributed by atoms with E-state index in [0.717, 1.165) is 12.2 Å². The predicted molar refractivity (Wildman–Crippen MR) is 121 cm³/mol. The number of ether oxygens (including phenoxy) is 1. The average molecular weight is 441 g/mol. The molecule has 31 heavy (non-hydrogen) atoms. The predicted octanol–water partition coefficient (Wildman–Crippen LogP) is 2.99. The summed E-state index contributed by atoms with van der Waals surface area (Å²) in [6, 6.07) is 12.7. The molecule has 1 aromatic carbocycles. The quantitative estimate of drug-likeness (QED) is 0.744. The van der Waals surface area contributed by atoms with Crippen LogP contribution in [0.3, 0.4) is 0 Å². The van der Waals surface area contributed by atoms with Crippen LogP contribution in [0.2, 0.25) is 0 Å². The molecule has 3 heterocycles. The van der Waals surface area contributed by atoms with Gasteiger partial charge in [0.1, 0.15) is 11.3 Å². The molecule has 2 aliphatic rings. The number of amides is 2. The highest BCUT2D eigenvalue weighted by Gasteiger charge is 2.49. The number of thioether (sulfide) groups is 1. The first-order valence-corrected chi connectivity index (χ1v) is 11.9. The van der Waals surface area contributed by atoms with E-state index in [9.17, 15) is 9.59 Å². The zero-order chi connectivity index (χ0) is 21.8. The Morgan fingerprint density at radius 1 is 1.23 bits per heavy atom. The second-order valence-corrected chi connectivity index (χ2v) is 8.96. The molecular formula is C23H28N4O3S. The van der Waals surface area contributed by atoms with Crippen molar-refractivity contribution in [1.82, 2.24) is 20.1 Å². The molecule has 0 saturated carbocycles. The van der Waals surface area contributed by atoms with Gasteiger partial charge in [0.25, 0.3) is 5.91 Å². The maximum Gasteiger partial charge on any atom is 0.259 e. The number of carbonyl (C=O) groups excluding carboxylic acids is 2. The molecule has 1 N–H and O–H groups in total. The summed E-state index contributed by atoms with van der Waals surface area (Å²) in [5.41, 5.74) is 0.0823. The monoisotopic (exact) mass is 440 g/mol. The number of carbonyl (C=O) groups is 2. The van der Waals surface area contributed by atoms with Gasteiger partial charge in [-0.2, -0.15) is 11.8 Å². The van der Waals surface area contributed by atoms with Gasteiger partial charge in [-0.05, 0) is 42.7 Å². The molecule has 2 aromatic rings. The Balaban J connectivity index is 1.44. The Labute approximate surface area is 187 Å². The van der Waals surface area contributed by atoms with Gasteiger partial charge in [0.2, 0.25) is 11.8 Å². The van der Waals surface area contributed by atoms with E-state index in [2.05, 4.69) is 16.6 Å². The van der Waals surface area contributed by atoms with Gasteiger partial charge in [-0.3, -0.25) is 14.9 Å². The molecule has 2 fully saturated rings. The minimum atomic E-state index is -0.366. The number of likely N-dealkylation sites (tertiary alicyclic amines) is 1. The minimum absolute atomic E-state index is 0.0974. The van der Waals surface area contributed by atoms with Gasteiger partial charge in [0.15, 0.2) is 0 Å². The maximum atomic E-state index is 13.3. The summed E-state index contributed by atoms with van der Waals surface area (Å²) in [7, 11) is 1.87. The highest BCUT2D eigenvalue weighted by Crippen LogP contribution is 2.33. The van der Waals surface area contributed by atoms with Gasteiger partial charge >= 0.3 is 0 Å². The summed E-state index contributed by atoms with van der Waals surface area (Å²) in [5.74, 6) is 1.95. The molecular weight excluding hydrogens is 412 g/mol. The van der Waals surface area contributed by atoms with Crippen molar-refractivity contribution in [3.63, 3.8) is 0 Å². The molecule has 1 aromatic heterocycles. The van der Waals surface area contributed by atoms with Crippen LogP contribution in [0.4, 0.5) is 0 Å². The molecule has 2 saturated heterocycles. The van der Waals surface area contributed by atoms with E-state index in [4.69, 9.17) is 4.74 Å². The third kappa shape index (κ3) is 4.41. The van der Waals surface area contributed by atoms with Gasteiger partial charge in [-0.1, -0.05) is 18.2 Å². The van der Waals surface area contributed by atoms with Crippen LogP contribution in [-0.4, -0.2) is 70.4 Å². The lowest BCUT2D eigenvalue weighted by atomic mass is 9.96. The molecule has 1 unspecified atom stereocenters. The first-order valence-electron chi connectivity index (χ1n) is 10.6. The Bertz CT molecular complexity index is 931. The van der Waals surface area contributed by atoms with Crippen molar-refractivity contribution in [3.8, 4) is 11.6 Å². The number of piperidine rings is 1. The summed E-state index contributed by atoms with van der Waals surface area (Å²) in [5, 5.41) is 3.57. The molecule has 4 rings (SSSR count). The van der Waals surface area contributed by atoms with Crippen molar-refractivity contribution in [2.75, 3.05) is 32.1 Å². The van der Waals surface area contributed by atoms with E-state index < -0.39 is 0 Å². The van der Waals surface area contributed by atoms with Crippen LogP contribution in [0.5, 0.6) is 11.6 Å². The van der Waals surface area contributed by atoms with Crippen LogP contribution in [0, 0.1) is 0 Å². The lowest BCUT2D eigenvalue weighted by Crippen LogP contribution is -2.58. The van der Waals surface area contributed by atoms with E-state index >= 15 is 0 Å². The summed E-state index contributed by atoms with van der Waals surface area (Å²) in [4.78, 5) is 33.9. The highest BCUT2D eigenvalue weighted by molar-refractivity contribution is 7.98. The molecule has 1 spiro atoms. The maximum absolute atomic E-state index is 13.3. The lowest BCUT2D eigenvalue weighted by Gasteiger charge is -2.43. The summed E-state index contributed by atoms with van der Waals surface area (Å²) < 4.78 is 5.87. The topological polar surface area (TPSA) is 74.8 Å². The highest BCUT2D eigenvalue weighted by atomic mass is 32.2.